The third-order valence-corrected chi connectivity index (χ3v) is 10.8. The Bertz CT molecular complexity index is 784. The van der Waals surface area contributed by atoms with Crippen molar-refractivity contribution in [2.24, 2.45) is 0 Å². The first-order valence-electron chi connectivity index (χ1n) is 23.4. The number of ether oxygens (including phenoxy) is 3. The fourth-order valence-electron chi connectivity index (χ4n) is 7.03. The van der Waals surface area contributed by atoms with Crippen molar-refractivity contribution < 1.29 is 19.0 Å². The highest BCUT2D eigenvalue weighted by Crippen LogP contribution is 2.12. The van der Waals surface area contributed by atoms with Crippen LogP contribution in [0.15, 0.2) is 24.3 Å². The van der Waals surface area contributed by atoms with E-state index in [-0.39, 0.29) is 12.1 Å². The Kier molecular flexibility index (Phi) is 38.6. The molecule has 0 aliphatic carbocycles. The number of hydrogen-bond acceptors (Lipinski definition) is 6. The molecular weight excluding hydrogens is 671 g/mol. The fraction of sp³-hybridized carbons (Fsp3) is 0.894. The molecule has 1 aliphatic heterocycles. The molecule has 0 unspecified atom stereocenters. The van der Waals surface area contributed by atoms with E-state index in [4.69, 9.17) is 14.2 Å². The lowest BCUT2D eigenvalue weighted by atomic mass is 10.1. The third kappa shape index (κ3) is 36.2. The van der Waals surface area contributed by atoms with E-state index in [0.29, 0.717) is 19.8 Å². The molecule has 0 atom stereocenters. The van der Waals surface area contributed by atoms with Gasteiger partial charge in [0.1, 0.15) is 6.61 Å². The highest BCUT2D eigenvalue weighted by Gasteiger charge is 2.16. The van der Waals surface area contributed by atoms with Gasteiger partial charge in [-0.15, -0.1) is 0 Å². The topological polar surface area (TPSA) is 63.3 Å². The summed E-state index contributed by atoms with van der Waals surface area (Å²) >= 11 is 0. The highest BCUT2D eigenvalue weighted by atomic mass is 16.6. The van der Waals surface area contributed by atoms with Crippen LogP contribution in [0, 0.1) is 0 Å². The molecular formula is C47H91N3O4. The Morgan fingerprint density at radius 3 is 1.30 bits per heavy atom. The van der Waals surface area contributed by atoms with Crippen molar-refractivity contribution in [2.75, 3.05) is 72.8 Å². The van der Waals surface area contributed by atoms with Crippen LogP contribution in [0.1, 0.15) is 194 Å². The standard InChI is InChI=1S/C47H91N3O4/c1-4-6-8-10-12-14-16-18-20-22-24-26-28-30-32-34-41-52-44-46(48-47(51)54-43-40-50-38-36-49(3)37-39-50)45-53-42-35-33-31-29-27-25-23-21-19-17-15-13-11-9-7-5-2/h18-21,46H,4-17,22-45H2,1-3H3,(H,48,51)/b20-18-,21-19-. The monoisotopic (exact) mass is 762 g/mol. The van der Waals surface area contributed by atoms with Crippen LogP contribution in [0.25, 0.3) is 0 Å². The summed E-state index contributed by atoms with van der Waals surface area (Å²) in [6, 6.07) is -0.190. The number of piperazine rings is 1. The van der Waals surface area contributed by atoms with E-state index in [1.165, 1.54) is 167 Å². The minimum Gasteiger partial charge on any atom is -0.448 e. The Morgan fingerprint density at radius 1 is 0.519 bits per heavy atom. The summed E-state index contributed by atoms with van der Waals surface area (Å²) in [6.45, 7) is 12.3. The third-order valence-electron chi connectivity index (χ3n) is 10.8. The summed E-state index contributed by atoms with van der Waals surface area (Å²) in [4.78, 5) is 17.4. The Balaban J connectivity index is 2.13. The van der Waals surface area contributed by atoms with E-state index >= 15 is 0 Å². The number of carbonyl (C=O) groups excluding carboxylic acids is 1. The number of unbranched alkanes of at least 4 members (excludes halogenated alkanes) is 24. The van der Waals surface area contributed by atoms with Crippen molar-refractivity contribution in [1.82, 2.24) is 15.1 Å². The Labute approximate surface area is 336 Å². The number of alkyl carbamates (subject to hydrolysis) is 1. The second-order valence-corrected chi connectivity index (χ2v) is 16.1. The van der Waals surface area contributed by atoms with E-state index in [9.17, 15) is 4.79 Å². The van der Waals surface area contributed by atoms with Crippen LogP contribution < -0.4 is 5.32 Å². The van der Waals surface area contributed by atoms with E-state index in [2.05, 4.69) is 60.3 Å². The maximum atomic E-state index is 12.7. The van der Waals surface area contributed by atoms with Crippen LogP contribution in [-0.2, 0) is 14.2 Å². The molecule has 1 heterocycles. The lowest BCUT2D eigenvalue weighted by molar-refractivity contribution is 0.0474. The maximum Gasteiger partial charge on any atom is 0.407 e. The highest BCUT2D eigenvalue weighted by molar-refractivity contribution is 5.67. The largest absolute Gasteiger partial charge is 0.448 e. The van der Waals surface area contributed by atoms with Crippen LogP contribution in [0.5, 0.6) is 0 Å². The Hall–Kier alpha value is -1.41. The van der Waals surface area contributed by atoms with E-state index in [0.717, 1.165) is 58.8 Å². The number of nitrogens with zero attached hydrogens (tertiary/aromatic N) is 2. The normalized spacial score (nSPS) is 14.3. The molecule has 0 bridgehead atoms. The Morgan fingerprint density at radius 2 is 0.889 bits per heavy atom. The molecule has 1 amide bonds. The van der Waals surface area contributed by atoms with Gasteiger partial charge >= 0.3 is 6.09 Å². The van der Waals surface area contributed by atoms with Crippen molar-refractivity contribution in [3.8, 4) is 0 Å². The molecule has 0 aromatic carbocycles. The molecule has 0 spiro atoms. The van der Waals surface area contributed by atoms with Gasteiger partial charge in [-0.3, -0.25) is 4.90 Å². The predicted octanol–water partition coefficient (Wildman–Crippen LogP) is 12.4. The summed E-state index contributed by atoms with van der Waals surface area (Å²) in [5.74, 6) is 0. The SMILES string of the molecule is CCCCCCCC/C=C\CCCCCCCCOCC(COCCCCCCCC/C=C\CCCCCCCC)NC(=O)OCCN1CCN(C)CC1. The molecule has 7 heteroatoms. The number of allylic oxidation sites excluding steroid dienone is 4. The summed E-state index contributed by atoms with van der Waals surface area (Å²) in [5.41, 5.74) is 0. The zero-order valence-electron chi connectivity index (χ0n) is 36.3. The minimum atomic E-state index is -0.365. The van der Waals surface area contributed by atoms with Gasteiger partial charge in [-0.05, 0) is 71.3 Å². The fourth-order valence-corrected chi connectivity index (χ4v) is 7.03. The molecule has 1 N–H and O–H groups in total. The summed E-state index contributed by atoms with van der Waals surface area (Å²) in [5, 5.41) is 3.03. The smallest absolute Gasteiger partial charge is 0.407 e. The summed E-state index contributed by atoms with van der Waals surface area (Å²) in [6.07, 6.45) is 45.7. The lowest BCUT2D eigenvalue weighted by Gasteiger charge is -2.32. The van der Waals surface area contributed by atoms with Crippen LogP contribution in [0.2, 0.25) is 0 Å². The van der Waals surface area contributed by atoms with Gasteiger partial charge in [0, 0.05) is 45.9 Å². The van der Waals surface area contributed by atoms with Crippen molar-refractivity contribution in [3.63, 3.8) is 0 Å². The molecule has 54 heavy (non-hydrogen) atoms. The van der Waals surface area contributed by atoms with Crippen molar-refractivity contribution in [2.45, 2.75) is 200 Å². The van der Waals surface area contributed by atoms with Gasteiger partial charge < -0.3 is 24.4 Å². The molecule has 1 fully saturated rings. The zero-order valence-corrected chi connectivity index (χ0v) is 36.3. The van der Waals surface area contributed by atoms with Crippen molar-refractivity contribution >= 4 is 6.09 Å². The quantitative estimate of drug-likeness (QED) is 0.0495. The molecule has 0 saturated carbocycles. The van der Waals surface area contributed by atoms with E-state index < -0.39 is 0 Å². The second-order valence-electron chi connectivity index (χ2n) is 16.1. The first kappa shape index (κ1) is 50.6. The maximum absolute atomic E-state index is 12.7. The number of likely N-dealkylation sites (N-methyl/N-ethyl adjacent to an activating group) is 1. The van der Waals surface area contributed by atoms with Gasteiger partial charge in [-0.2, -0.15) is 0 Å². The number of rotatable bonds is 40. The first-order chi connectivity index (χ1) is 26.7. The van der Waals surface area contributed by atoms with Crippen molar-refractivity contribution in [1.29, 1.82) is 0 Å². The number of amides is 1. The molecule has 318 valence electrons. The number of carbonyl (C=O) groups is 1. The molecule has 0 radical (unpaired) electrons. The lowest BCUT2D eigenvalue weighted by Crippen LogP contribution is -2.46. The van der Waals surface area contributed by atoms with Crippen LogP contribution >= 0.6 is 0 Å². The molecule has 0 aromatic rings. The number of hydrogen-bond donors (Lipinski definition) is 1. The number of nitrogens with one attached hydrogen (secondary N) is 1. The minimum absolute atomic E-state index is 0.190. The second kappa shape index (κ2) is 41.2. The molecule has 0 aromatic heterocycles. The van der Waals surface area contributed by atoms with Crippen LogP contribution in [0.4, 0.5) is 4.79 Å². The first-order valence-corrected chi connectivity index (χ1v) is 23.4. The average Bonchev–Trinajstić information content (AvgIpc) is 3.17. The van der Waals surface area contributed by atoms with Crippen LogP contribution in [0.3, 0.4) is 0 Å². The van der Waals surface area contributed by atoms with Gasteiger partial charge in [-0.25, -0.2) is 4.79 Å². The van der Waals surface area contributed by atoms with Crippen molar-refractivity contribution in [3.05, 3.63) is 24.3 Å². The van der Waals surface area contributed by atoms with E-state index in [1.807, 2.05) is 0 Å². The van der Waals surface area contributed by atoms with Gasteiger partial charge in [0.15, 0.2) is 0 Å². The molecule has 1 rings (SSSR count). The average molecular weight is 762 g/mol. The molecule has 7 nitrogen and oxygen atoms in total. The van der Waals surface area contributed by atoms with Gasteiger partial charge in [-0.1, -0.05) is 154 Å². The summed E-state index contributed by atoms with van der Waals surface area (Å²) < 4.78 is 17.6. The zero-order chi connectivity index (χ0) is 38.8. The van der Waals surface area contributed by atoms with Gasteiger partial charge in [0.2, 0.25) is 0 Å². The molecule has 1 aliphatic rings. The summed E-state index contributed by atoms with van der Waals surface area (Å²) in [7, 11) is 2.16. The molecule has 1 saturated heterocycles. The van der Waals surface area contributed by atoms with Gasteiger partial charge in [0.05, 0.1) is 19.3 Å². The van der Waals surface area contributed by atoms with E-state index in [1.54, 1.807) is 0 Å². The van der Waals surface area contributed by atoms with Gasteiger partial charge in [0.25, 0.3) is 0 Å². The van der Waals surface area contributed by atoms with Crippen LogP contribution in [-0.4, -0.2) is 94.7 Å². The predicted molar refractivity (Wildman–Crippen MR) is 233 cm³/mol.